The van der Waals surface area contributed by atoms with Crippen LogP contribution < -0.4 is 5.32 Å². The molecule has 1 aliphatic rings. The van der Waals surface area contributed by atoms with E-state index in [2.05, 4.69) is 27.5 Å². The standard InChI is InChI=1S/C16H21N5OS/c1-3-9-17-15(22)10-23-16-8-7-14(18-19-16)21-11(2)12-5-4-6-13(12)20-21/h7-8H,3-6,9-10H2,1-2H3,(H,17,22). The van der Waals surface area contributed by atoms with E-state index < -0.39 is 0 Å². The van der Waals surface area contributed by atoms with E-state index >= 15 is 0 Å². The summed E-state index contributed by atoms with van der Waals surface area (Å²) in [4.78, 5) is 11.6. The van der Waals surface area contributed by atoms with Crippen molar-refractivity contribution < 1.29 is 4.79 Å². The Morgan fingerprint density at radius 1 is 1.35 bits per heavy atom. The molecule has 0 spiro atoms. The molecule has 1 N–H and O–H groups in total. The molecule has 7 heteroatoms. The molecule has 0 bridgehead atoms. The molecule has 2 aromatic rings. The lowest BCUT2D eigenvalue weighted by molar-refractivity contribution is -0.118. The molecule has 0 aliphatic heterocycles. The maximum Gasteiger partial charge on any atom is 0.230 e. The summed E-state index contributed by atoms with van der Waals surface area (Å²) in [7, 11) is 0. The van der Waals surface area contributed by atoms with Crippen molar-refractivity contribution >= 4 is 17.7 Å². The number of nitrogens with one attached hydrogen (secondary N) is 1. The lowest BCUT2D eigenvalue weighted by Crippen LogP contribution is -2.25. The molecule has 0 saturated heterocycles. The predicted octanol–water partition coefficient (Wildman–Crippen LogP) is 2.08. The van der Waals surface area contributed by atoms with Crippen molar-refractivity contribution in [1.82, 2.24) is 25.3 Å². The Kier molecular flexibility index (Phi) is 4.95. The van der Waals surface area contributed by atoms with Crippen LogP contribution in [0.5, 0.6) is 0 Å². The van der Waals surface area contributed by atoms with Gasteiger partial charge in [0, 0.05) is 12.2 Å². The highest BCUT2D eigenvalue weighted by Gasteiger charge is 2.20. The Labute approximate surface area is 140 Å². The second-order valence-corrected chi connectivity index (χ2v) is 6.64. The summed E-state index contributed by atoms with van der Waals surface area (Å²) < 4.78 is 1.87. The fourth-order valence-corrected chi connectivity index (χ4v) is 3.38. The number of nitrogens with zero attached hydrogens (tertiary/aromatic N) is 4. The second-order valence-electron chi connectivity index (χ2n) is 5.64. The van der Waals surface area contributed by atoms with E-state index in [0.29, 0.717) is 12.3 Å². The van der Waals surface area contributed by atoms with Gasteiger partial charge in [0.15, 0.2) is 5.82 Å². The summed E-state index contributed by atoms with van der Waals surface area (Å²) in [5.41, 5.74) is 3.71. The zero-order chi connectivity index (χ0) is 16.2. The Morgan fingerprint density at radius 3 is 2.91 bits per heavy atom. The normalized spacial score (nSPS) is 13.1. The number of carbonyl (C=O) groups excluding carboxylic acids is 1. The average molecular weight is 331 g/mol. The Bertz CT molecular complexity index is 695. The molecule has 2 aromatic heterocycles. The SMILES string of the molecule is CCCNC(=O)CSc1ccc(-n2nc3c(c2C)CCC3)nn1. The van der Waals surface area contributed by atoms with Crippen LogP contribution >= 0.6 is 11.8 Å². The number of fused-ring (bicyclic) bond motifs is 1. The van der Waals surface area contributed by atoms with Crippen molar-refractivity contribution in [2.45, 2.75) is 44.6 Å². The number of aryl methyl sites for hydroxylation is 1. The van der Waals surface area contributed by atoms with Gasteiger partial charge in [0.25, 0.3) is 0 Å². The number of thioether (sulfide) groups is 1. The topological polar surface area (TPSA) is 72.7 Å². The Balaban J connectivity index is 1.64. The van der Waals surface area contributed by atoms with E-state index in [4.69, 9.17) is 0 Å². The first-order chi connectivity index (χ1) is 11.2. The molecule has 0 unspecified atom stereocenters. The van der Waals surface area contributed by atoms with Gasteiger partial charge in [-0.05, 0) is 50.3 Å². The van der Waals surface area contributed by atoms with Crippen molar-refractivity contribution in [3.05, 3.63) is 29.1 Å². The van der Waals surface area contributed by atoms with Crippen LogP contribution in [0.25, 0.3) is 5.82 Å². The van der Waals surface area contributed by atoms with Crippen LogP contribution in [-0.4, -0.2) is 38.2 Å². The van der Waals surface area contributed by atoms with Crippen molar-refractivity contribution in [3.8, 4) is 5.82 Å². The molecule has 1 amide bonds. The van der Waals surface area contributed by atoms with Gasteiger partial charge in [0.05, 0.1) is 11.4 Å². The van der Waals surface area contributed by atoms with Gasteiger partial charge in [-0.1, -0.05) is 18.7 Å². The van der Waals surface area contributed by atoms with Crippen molar-refractivity contribution in [1.29, 1.82) is 0 Å². The zero-order valence-corrected chi connectivity index (χ0v) is 14.3. The van der Waals surface area contributed by atoms with E-state index in [-0.39, 0.29) is 5.91 Å². The number of amides is 1. The highest BCUT2D eigenvalue weighted by Crippen LogP contribution is 2.25. The largest absolute Gasteiger partial charge is 0.355 e. The number of carbonyl (C=O) groups is 1. The zero-order valence-electron chi connectivity index (χ0n) is 13.5. The van der Waals surface area contributed by atoms with Crippen LogP contribution in [-0.2, 0) is 17.6 Å². The monoisotopic (exact) mass is 331 g/mol. The molecule has 0 atom stereocenters. The summed E-state index contributed by atoms with van der Waals surface area (Å²) in [5.74, 6) is 1.13. The predicted molar refractivity (Wildman–Crippen MR) is 89.9 cm³/mol. The lowest BCUT2D eigenvalue weighted by atomic mass is 10.2. The van der Waals surface area contributed by atoms with E-state index in [1.165, 1.54) is 29.4 Å². The summed E-state index contributed by atoms with van der Waals surface area (Å²) in [6.07, 6.45) is 4.30. The quantitative estimate of drug-likeness (QED) is 0.821. The minimum atomic E-state index is 0.0297. The van der Waals surface area contributed by atoms with Crippen molar-refractivity contribution in [3.63, 3.8) is 0 Å². The van der Waals surface area contributed by atoms with Crippen LogP contribution in [0, 0.1) is 6.92 Å². The molecule has 122 valence electrons. The van der Waals surface area contributed by atoms with Crippen LogP contribution in [0.4, 0.5) is 0 Å². The van der Waals surface area contributed by atoms with Gasteiger partial charge in [-0.15, -0.1) is 10.2 Å². The third-order valence-corrected chi connectivity index (χ3v) is 4.85. The number of hydrogen-bond donors (Lipinski definition) is 1. The molecule has 23 heavy (non-hydrogen) atoms. The van der Waals surface area contributed by atoms with E-state index in [0.717, 1.165) is 35.8 Å². The Hall–Kier alpha value is -1.89. The van der Waals surface area contributed by atoms with Crippen LogP contribution in [0.3, 0.4) is 0 Å². The first-order valence-electron chi connectivity index (χ1n) is 8.00. The molecule has 0 aromatic carbocycles. The van der Waals surface area contributed by atoms with Crippen LogP contribution in [0.15, 0.2) is 17.2 Å². The maximum absolute atomic E-state index is 11.6. The average Bonchev–Trinajstić information content (AvgIpc) is 3.15. The molecule has 0 fully saturated rings. The third kappa shape index (κ3) is 3.55. The van der Waals surface area contributed by atoms with Crippen LogP contribution in [0.2, 0.25) is 0 Å². The highest BCUT2D eigenvalue weighted by atomic mass is 32.2. The molecule has 6 nitrogen and oxygen atoms in total. The number of hydrogen-bond acceptors (Lipinski definition) is 5. The molecular formula is C16H21N5OS. The van der Waals surface area contributed by atoms with E-state index in [1.54, 1.807) is 0 Å². The number of aromatic nitrogens is 4. The summed E-state index contributed by atoms with van der Waals surface area (Å²) in [6, 6.07) is 3.81. The molecule has 2 heterocycles. The minimum Gasteiger partial charge on any atom is -0.355 e. The van der Waals surface area contributed by atoms with Gasteiger partial charge in [-0.2, -0.15) is 5.10 Å². The fourth-order valence-electron chi connectivity index (χ4n) is 2.73. The van der Waals surface area contributed by atoms with Gasteiger partial charge in [0.2, 0.25) is 5.91 Å². The Morgan fingerprint density at radius 2 is 2.22 bits per heavy atom. The van der Waals surface area contributed by atoms with Crippen LogP contribution in [0.1, 0.15) is 36.7 Å². The molecule has 1 aliphatic carbocycles. The van der Waals surface area contributed by atoms with E-state index in [1.807, 2.05) is 23.7 Å². The fraction of sp³-hybridized carbons (Fsp3) is 0.500. The number of rotatable bonds is 6. The minimum absolute atomic E-state index is 0.0297. The van der Waals surface area contributed by atoms with Gasteiger partial charge in [-0.25, -0.2) is 4.68 Å². The molecular weight excluding hydrogens is 310 g/mol. The second kappa shape index (κ2) is 7.12. The maximum atomic E-state index is 11.6. The van der Waals surface area contributed by atoms with Gasteiger partial charge >= 0.3 is 0 Å². The molecule has 0 radical (unpaired) electrons. The summed E-state index contributed by atoms with van der Waals surface area (Å²) >= 11 is 1.40. The first kappa shape index (κ1) is 16.0. The van der Waals surface area contributed by atoms with Gasteiger partial charge < -0.3 is 5.32 Å². The molecule has 0 saturated carbocycles. The van der Waals surface area contributed by atoms with Crippen molar-refractivity contribution in [2.24, 2.45) is 0 Å². The smallest absolute Gasteiger partial charge is 0.230 e. The van der Waals surface area contributed by atoms with E-state index in [9.17, 15) is 4.79 Å². The first-order valence-corrected chi connectivity index (χ1v) is 8.98. The van der Waals surface area contributed by atoms with Gasteiger partial charge in [-0.3, -0.25) is 4.79 Å². The van der Waals surface area contributed by atoms with Crippen molar-refractivity contribution in [2.75, 3.05) is 12.3 Å². The summed E-state index contributed by atoms with van der Waals surface area (Å²) in [5, 5.41) is 16.7. The highest BCUT2D eigenvalue weighted by molar-refractivity contribution is 7.99. The van der Waals surface area contributed by atoms with Gasteiger partial charge in [0.1, 0.15) is 5.03 Å². The molecule has 3 rings (SSSR count). The lowest BCUT2D eigenvalue weighted by Gasteiger charge is -2.05. The summed E-state index contributed by atoms with van der Waals surface area (Å²) in [6.45, 7) is 4.83. The third-order valence-electron chi connectivity index (χ3n) is 3.93.